The average molecular weight is 586 g/mol. The molecule has 0 bridgehead atoms. The van der Waals surface area contributed by atoms with Crippen LogP contribution in [0.25, 0.3) is 0 Å². The molecule has 0 amide bonds. The lowest BCUT2D eigenvalue weighted by Crippen LogP contribution is -2.12. The van der Waals surface area contributed by atoms with Gasteiger partial charge in [0, 0.05) is 26.5 Å². The molecule has 0 aliphatic heterocycles. The van der Waals surface area contributed by atoms with E-state index in [4.69, 9.17) is 23.7 Å². The number of aryl methyl sites for hydroxylation is 2. The van der Waals surface area contributed by atoms with Gasteiger partial charge >= 0.3 is 5.97 Å². The number of carbonyl (C=O) groups excluding carboxylic acids is 2. The van der Waals surface area contributed by atoms with Crippen LogP contribution in [0.5, 0.6) is 0 Å². The van der Waals surface area contributed by atoms with Crippen molar-refractivity contribution < 1.29 is 33.3 Å². The van der Waals surface area contributed by atoms with Crippen LogP contribution < -0.4 is 0 Å². The van der Waals surface area contributed by atoms with Crippen LogP contribution in [0.4, 0.5) is 0 Å². The third kappa shape index (κ3) is 17.6. The number of ketones is 1. The Kier molecular flexibility index (Phi) is 24.6. The van der Waals surface area contributed by atoms with Crippen LogP contribution in [0.3, 0.4) is 0 Å². The first-order valence-electron chi connectivity index (χ1n) is 15.8. The highest BCUT2D eigenvalue weighted by Crippen LogP contribution is 2.52. The minimum Gasteiger partial charge on any atom is -0.466 e. The summed E-state index contributed by atoms with van der Waals surface area (Å²) in [5.41, 5.74) is 2.50. The van der Waals surface area contributed by atoms with E-state index in [9.17, 15) is 9.59 Å². The van der Waals surface area contributed by atoms with Gasteiger partial charge in [0.1, 0.15) is 5.78 Å². The van der Waals surface area contributed by atoms with E-state index in [1.54, 1.807) is 6.92 Å². The maximum atomic E-state index is 10.9. The number of esters is 1. The Labute approximate surface area is 249 Å². The number of aromatic nitrogens is 3. The second-order valence-electron chi connectivity index (χ2n) is 9.57. The number of ether oxygens (including phenoxy) is 5. The van der Waals surface area contributed by atoms with Crippen LogP contribution in [0.2, 0.25) is 0 Å². The predicted molar refractivity (Wildman–Crippen MR) is 161 cm³/mol. The second-order valence-corrected chi connectivity index (χ2v) is 9.57. The minimum absolute atomic E-state index is 0.148. The van der Waals surface area contributed by atoms with Gasteiger partial charge in [-0.2, -0.15) is 0 Å². The Morgan fingerprint density at radius 2 is 1.29 bits per heavy atom. The van der Waals surface area contributed by atoms with E-state index in [0.717, 1.165) is 50.7 Å². The number of rotatable bonds is 17. The molecule has 10 nitrogen and oxygen atoms in total. The van der Waals surface area contributed by atoms with Gasteiger partial charge in [-0.3, -0.25) is 9.59 Å². The van der Waals surface area contributed by atoms with Crippen molar-refractivity contribution in [3.05, 3.63) is 11.4 Å². The Bertz CT molecular complexity index is 788. The molecule has 3 unspecified atom stereocenters. The van der Waals surface area contributed by atoms with Gasteiger partial charge in [-0.25, -0.2) is 4.68 Å². The fraction of sp³-hybridized carbons (Fsp3) is 0.871. The molecule has 0 N–H and O–H groups in total. The summed E-state index contributed by atoms with van der Waals surface area (Å²) < 4.78 is 28.3. The number of carbonyl (C=O) groups is 2. The zero-order chi connectivity index (χ0) is 30.9. The molecule has 1 aromatic heterocycles. The fourth-order valence-corrected chi connectivity index (χ4v) is 4.66. The Balaban J connectivity index is 0.000000698. The molecule has 3 atom stereocenters. The van der Waals surface area contributed by atoms with Crippen LogP contribution in [0, 0.1) is 17.8 Å². The highest BCUT2D eigenvalue weighted by Gasteiger charge is 2.50. The van der Waals surface area contributed by atoms with Crippen LogP contribution in [0.1, 0.15) is 92.5 Å². The minimum atomic E-state index is -0.161. The summed E-state index contributed by atoms with van der Waals surface area (Å²) in [7, 11) is 0. The molecule has 2 aliphatic carbocycles. The van der Waals surface area contributed by atoms with Gasteiger partial charge in [0.25, 0.3) is 0 Å². The number of hydrogen-bond donors (Lipinski definition) is 0. The average Bonchev–Trinajstić information content (AvgIpc) is 3.48. The van der Waals surface area contributed by atoms with Crippen molar-refractivity contribution in [2.24, 2.45) is 17.8 Å². The molecule has 240 valence electrons. The molecule has 0 saturated heterocycles. The Morgan fingerprint density at radius 3 is 1.78 bits per heavy atom. The molecule has 1 fully saturated rings. The maximum absolute atomic E-state index is 10.9. The molecule has 0 aromatic carbocycles. The highest BCUT2D eigenvalue weighted by atomic mass is 16.6. The van der Waals surface area contributed by atoms with Gasteiger partial charge in [0.15, 0.2) is 0 Å². The molecule has 1 saturated carbocycles. The first kappa shape index (κ1) is 39.1. The van der Waals surface area contributed by atoms with Crippen molar-refractivity contribution in [3.63, 3.8) is 0 Å². The lowest BCUT2D eigenvalue weighted by atomic mass is 10.0. The van der Waals surface area contributed by atoms with E-state index in [1.807, 2.05) is 32.4 Å². The quantitative estimate of drug-likeness (QED) is 0.182. The van der Waals surface area contributed by atoms with Gasteiger partial charge < -0.3 is 23.7 Å². The summed E-state index contributed by atoms with van der Waals surface area (Å²) in [5, 5.41) is 8.52. The van der Waals surface area contributed by atoms with E-state index < -0.39 is 0 Å². The molecular weight excluding hydrogens is 526 g/mol. The van der Waals surface area contributed by atoms with E-state index in [1.165, 1.54) is 24.7 Å². The topological polar surface area (TPSA) is 111 Å². The standard InChI is InChI=1S/C14H21N3O2.C13H26O5.2C2H6/c1-3-17-14-7-5-11-10(4-6-13(14)15-16-17)12(11)8-19-9(2)18;1-3-5-15-7-9-17-11-12-18-10-8-16-6-4-13(2)14;2*1-2/h10-12H,3-8H2,1-2H3;3-12H2,1-2H3;2*1-2H3. The van der Waals surface area contributed by atoms with Crippen LogP contribution in [0.15, 0.2) is 0 Å². The highest BCUT2D eigenvalue weighted by molar-refractivity contribution is 5.75. The van der Waals surface area contributed by atoms with Gasteiger partial charge in [-0.05, 0) is 63.7 Å². The van der Waals surface area contributed by atoms with Crippen LogP contribution >= 0.6 is 0 Å². The van der Waals surface area contributed by atoms with Crippen molar-refractivity contribution in [1.82, 2.24) is 15.0 Å². The first-order chi connectivity index (χ1) is 20.0. The summed E-state index contributed by atoms with van der Waals surface area (Å²) >= 11 is 0. The third-order valence-corrected chi connectivity index (χ3v) is 6.70. The summed E-state index contributed by atoms with van der Waals surface area (Å²) in [6, 6.07) is 0. The Morgan fingerprint density at radius 1 is 0.780 bits per heavy atom. The molecular formula is C31H59N3O7. The van der Waals surface area contributed by atoms with Gasteiger partial charge in [-0.1, -0.05) is 39.8 Å². The van der Waals surface area contributed by atoms with Gasteiger partial charge in [0.2, 0.25) is 0 Å². The number of hydrogen-bond acceptors (Lipinski definition) is 9. The SMILES string of the molecule is CC.CC.CCCOCCOCCOCCOCCC(C)=O.CCn1nnc2c1CCC1C(CC2)C1COC(C)=O. The van der Waals surface area contributed by atoms with Crippen LogP contribution in [-0.4, -0.2) is 86.2 Å². The normalized spacial score (nSPS) is 18.4. The summed E-state index contributed by atoms with van der Waals surface area (Å²) in [4.78, 5) is 21.5. The van der Waals surface area contributed by atoms with Crippen LogP contribution in [-0.2, 0) is 52.7 Å². The van der Waals surface area contributed by atoms with Crippen molar-refractivity contribution >= 4 is 11.8 Å². The molecule has 0 spiro atoms. The van der Waals surface area contributed by atoms with Crippen molar-refractivity contribution in [2.75, 3.05) is 59.5 Å². The molecule has 41 heavy (non-hydrogen) atoms. The number of Topliss-reactive ketones (excluding diaryl/α,β-unsaturated/α-hetero) is 1. The molecule has 1 heterocycles. The van der Waals surface area contributed by atoms with Gasteiger partial charge in [0.05, 0.1) is 64.2 Å². The molecule has 3 rings (SSSR count). The van der Waals surface area contributed by atoms with E-state index >= 15 is 0 Å². The first-order valence-corrected chi connectivity index (χ1v) is 15.8. The Hall–Kier alpha value is -1.88. The largest absolute Gasteiger partial charge is 0.466 e. The lowest BCUT2D eigenvalue weighted by Gasteiger charge is -2.09. The monoisotopic (exact) mass is 585 g/mol. The van der Waals surface area contributed by atoms with Crippen molar-refractivity contribution in [2.45, 2.75) is 100 Å². The van der Waals surface area contributed by atoms with E-state index in [-0.39, 0.29) is 11.8 Å². The molecule has 2 aliphatic rings. The second kappa shape index (κ2) is 25.8. The maximum Gasteiger partial charge on any atom is 0.302 e. The van der Waals surface area contributed by atoms with E-state index in [0.29, 0.717) is 65.2 Å². The number of nitrogens with zero attached hydrogens (tertiary/aromatic N) is 3. The summed E-state index contributed by atoms with van der Waals surface area (Å²) in [6.45, 7) is 21.4. The van der Waals surface area contributed by atoms with Crippen molar-refractivity contribution in [1.29, 1.82) is 0 Å². The molecule has 1 aromatic rings. The summed E-state index contributed by atoms with van der Waals surface area (Å²) in [5.74, 6) is 2.02. The zero-order valence-electron chi connectivity index (χ0n) is 27.2. The van der Waals surface area contributed by atoms with Crippen molar-refractivity contribution in [3.8, 4) is 0 Å². The molecule has 10 heteroatoms. The van der Waals surface area contributed by atoms with Gasteiger partial charge in [-0.15, -0.1) is 5.10 Å². The number of fused-ring (bicyclic) bond motifs is 2. The molecule has 0 radical (unpaired) electrons. The van der Waals surface area contributed by atoms with E-state index in [2.05, 4.69) is 24.2 Å². The summed E-state index contributed by atoms with van der Waals surface area (Å²) in [6.07, 6.45) is 5.93. The zero-order valence-corrected chi connectivity index (χ0v) is 27.2. The third-order valence-electron chi connectivity index (χ3n) is 6.70. The predicted octanol–water partition coefficient (Wildman–Crippen LogP) is 5.10. The fourth-order valence-electron chi connectivity index (χ4n) is 4.66. The lowest BCUT2D eigenvalue weighted by molar-refractivity contribution is -0.141. The smallest absolute Gasteiger partial charge is 0.302 e.